The van der Waals surface area contributed by atoms with Crippen molar-refractivity contribution in [3.05, 3.63) is 29.8 Å². The molecule has 1 aromatic rings. The van der Waals surface area contributed by atoms with Crippen LogP contribution in [-0.4, -0.2) is 55.6 Å². The first-order chi connectivity index (χ1) is 10.9. The Morgan fingerprint density at radius 3 is 2.17 bits per heavy atom. The van der Waals surface area contributed by atoms with Gasteiger partial charge in [0.15, 0.2) is 0 Å². The summed E-state index contributed by atoms with van der Waals surface area (Å²) in [5, 5.41) is 18.0. The van der Waals surface area contributed by atoms with Crippen LogP contribution in [0.4, 0.5) is 0 Å². The van der Waals surface area contributed by atoms with Gasteiger partial charge in [0, 0.05) is 20.2 Å². The number of benzene rings is 1. The molecule has 23 heavy (non-hydrogen) atoms. The fourth-order valence-corrected chi connectivity index (χ4v) is 1.62. The van der Waals surface area contributed by atoms with Gasteiger partial charge in [0.05, 0.1) is 6.61 Å². The lowest BCUT2D eigenvalue weighted by Gasteiger charge is -2.13. The monoisotopic (exact) mass is 327 g/mol. The maximum atomic E-state index is 9.10. The van der Waals surface area contributed by atoms with E-state index in [2.05, 4.69) is 31.3 Å². The Labute approximate surface area is 136 Å². The van der Waals surface area contributed by atoms with Crippen molar-refractivity contribution < 1.29 is 29.3 Å². The summed E-state index contributed by atoms with van der Waals surface area (Å²) < 4.78 is 10.7. The van der Waals surface area contributed by atoms with Crippen molar-refractivity contribution in [2.24, 2.45) is 0 Å². The second-order valence-corrected chi connectivity index (χ2v) is 4.89. The number of rotatable bonds is 8. The number of carboxylic acid groups (broad SMARTS) is 2. The predicted molar refractivity (Wildman–Crippen MR) is 86.0 cm³/mol. The number of ether oxygens (including phenoxy) is 2. The largest absolute Gasteiger partial charge is 0.492 e. The van der Waals surface area contributed by atoms with Gasteiger partial charge in [-0.05, 0) is 17.5 Å². The van der Waals surface area contributed by atoms with Gasteiger partial charge in [-0.15, -0.1) is 0 Å². The van der Waals surface area contributed by atoms with Crippen molar-refractivity contribution in [1.82, 2.24) is 5.32 Å². The SMILES string of the molecule is COCCNCCOc1ccccc1C(C)C.O=C(O)C(=O)O. The third-order valence-electron chi connectivity index (χ3n) is 2.74. The van der Waals surface area contributed by atoms with Crippen LogP contribution in [0.1, 0.15) is 25.3 Å². The highest BCUT2D eigenvalue weighted by atomic mass is 16.5. The summed E-state index contributed by atoms with van der Waals surface area (Å²) in [7, 11) is 1.71. The molecule has 0 fully saturated rings. The van der Waals surface area contributed by atoms with Gasteiger partial charge in [-0.2, -0.15) is 0 Å². The summed E-state index contributed by atoms with van der Waals surface area (Å²) in [6, 6.07) is 8.22. The summed E-state index contributed by atoms with van der Waals surface area (Å²) in [6.07, 6.45) is 0. The van der Waals surface area contributed by atoms with E-state index in [1.54, 1.807) is 7.11 Å². The quantitative estimate of drug-likeness (QED) is 0.492. The molecule has 1 rings (SSSR count). The van der Waals surface area contributed by atoms with E-state index in [-0.39, 0.29) is 0 Å². The summed E-state index contributed by atoms with van der Waals surface area (Å²) in [5.74, 6) is -2.16. The van der Waals surface area contributed by atoms with Crippen LogP contribution in [-0.2, 0) is 14.3 Å². The van der Waals surface area contributed by atoms with Crippen molar-refractivity contribution in [2.75, 3.05) is 33.4 Å². The highest BCUT2D eigenvalue weighted by molar-refractivity contribution is 6.27. The van der Waals surface area contributed by atoms with Crippen molar-refractivity contribution in [2.45, 2.75) is 19.8 Å². The van der Waals surface area contributed by atoms with Crippen LogP contribution in [0.2, 0.25) is 0 Å². The molecular formula is C16H25NO6. The number of hydrogen-bond donors (Lipinski definition) is 3. The Morgan fingerprint density at radius 2 is 1.65 bits per heavy atom. The Bertz CT molecular complexity index is 463. The fourth-order valence-electron chi connectivity index (χ4n) is 1.62. The average molecular weight is 327 g/mol. The second-order valence-electron chi connectivity index (χ2n) is 4.89. The van der Waals surface area contributed by atoms with E-state index in [4.69, 9.17) is 29.3 Å². The van der Waals surface area contributed by atoms with Gasteiger partial charge in [0.1, 0.15) is 12.4 Å². The Kier molecular flexibility index (Phi) is 11.3. The maximum absolute atomic E-state index is 9.10. The third kappa shape index (κ3) is 10.3. The highest BCUT2D eigenvalue weighted by Gasteiger charge is 2.06. The van der Waals surface area contributed by atoms with Crippen LogP contribution >= 0.6 is 0 Å². The minimum absolute atomic E-state index is 0.493. The van der Waals surface area contributed by atoms with Gasteiger partial charge < -0.3 is 25.0 Å². The zero-order valence-electron chi connectivity index (χ0n) is 13.7. The molecule has 0 aliphatic rings. The van der Waals surface area contributed by atoms with E-state index in [0.29, 0.717) is 12.5 Å². The van der Waals surface area contributed by atoms with Crippen LogP contribution in [0.3, 0.4) is 0 Å². The molecule has 0 aliphatic heterocycles. The van der Waals surface area contributed by atoms with Gasteiger partial charge >= 0.3 is 11.9 Å². The summed E-state index contributed by atoms with van der Waals surface area (Å²) in [4.78, 5) is 18.2. The Balaban J connectivity index is 0.000000688. The zero-order valence-corrected chi connectivity index (χ0v) is 13.7. The summed E-state index contributed by atoms with van der Waals surface area (Å²) in [5.41, 5.74) is 1.27. The molecule has 0 aromatic heterocycles. The molecule has 130 valence electrons. The molecule has 0 amide bonds. The number of aliphatic carboxylic acids is 2. The average Bonchev–Trinajstić information content (AvgIpc) is 2.51. The standard InChI is InChI=1S/C14H23NO2.C2H2O4/c1-12(2)13-6-4-5-7-14(13)17-11-9-15-8-10-16-3;3-1(4)2(5)6/h4-7,12,15H,8-11H2,1-3H3;(H,3,4)(H,5,6). The molecule has 7 heteroatoms. The smallest absolute Gasteiger partial charge is 0.414 e. The number of para-hydroxylation sites is 1. The molecule has 0 bridgehead atoms. The van der Waals surface area contributed by atoms with E-state index in [1.165, 1.54) is 5.56 Å². The minimum Gasteiger partial charge on any atom is -0.492 e. The molecule has 0 radical (unpaired) electrons. The molecule has 0 spiro atoms. The van der Waals surface area contributed by atoms with Crippen LogP contribution in [0.5, 0.6) is 5.75 Å². The topological polar surface area (TPSA) is 105 Å². The van der Waals surface area contributed by atoms with E-state index in [9.17, 15) is 0 Å². The molecule has 0 saturated carbocycles. The lowest BCUT2D eigenvalue weighted by atomic mass is 10.0. The molecule has 0 saturated heterocycles. The molecule has 3 N–H and O–H groups in total. The normalized spacial score (nSPS) is 9.91. The van der Waals surface area contributed by atoms with E-state index in [1.807, 2.05) is 12.1 Å². The van der Waals surface area contributed by atoms with Crippen molar-refractivity contribution in [1.29, 1.82) is 0 Å². The summed E-state index contributed by atoms with van der Waals surface area (Å²) in [6.45, 7) is 7.50. The van der Waals surface area contributed by atoms with Gasteiger partial charge in [0.2, 0.25) is 0 Å². The molecule has 0 atom stereocenters. The third-order valence-corrected chi connectivity index (χ3v) is 2.74. The van der Waals surface area contributed by atoms with Gasteiger partial charge in [-0.1, -0.05) is 32.0 Å². The van der Waals surface area contributed by atoms with Crippen LogP contribution in [0, 0.1) is 0 Å². The van der Waals surface area contributed by atoms with E-state index < -0.39 is 11.9 Å². The maximum Gasteiger partial charge on any atom is 0.414 e. The van der Waals surface area contributed by atoms with Crippen LogP contribution in [0.25, 0.3) is 0 Å². The number of hydrogen-bond acceptors (Lipinski definition) is 5. The number of carbonyl (C=O) groups is 2. The van der Waals surface area contributed by atoms with Crippen molar-refractivity contribution in [3.8, 4) is 5.75 Å². The Hall–Kier alpha value is -2.12. The second kappa shape index (κ2) is 12.4. The highest BCUT2D eigenvalue weighted by Crippen LogP contribution is 2.25. The lowest BCUT2D eigenvalue weighted by Crippen LogP contribution is -2.24. The number of nitrogens with one attached hydrogen (secondary N) is 1. The Morgan fingerprint density at radius 1 is 1.09 bits per heavy atom. The van der Waals surface area contributed by atoms with Crippen LogP contribution in [0.15, 0.2) is 24.3 Å². The van der Waals surface area contributed by atoms with Crippen molar-refractivity contribution in [3.63, 3.8) is 0 Å². The lowest BCUT2D eigenvalue weighted by molar-refractivity contribution is -0.159. The summed E-state index contributed by atoms with van der Waals surface area (Å²) >= 11 is 0. The molecule has 0 aliphatic carbocycles. The first kappa shape index (κ1) is 20.9. The van der Waals surface area contributed by atoms with E-state index in [0.717, 1.165) is 25.4 Å². The van der Waals surface area contributed by atoms with E-state index >= 15 is 0 Å². The fraction of sp³-hybridized carbons (Fsp3) is 0.500. The molecule has 0 unspecified atom stereocenters. The minimum atomic E-state index is -1.82. The first-order valence-corrected chi connectivity index (χ1v) is 7.27. The molecule has 1 aromatic carbocycles. The first-order valence-electron chi connectivity index (χ1n) is 7.27. The van der Waals surface area contributed by atoms with Gasteiger partial charge in [-0.3, -0.25) is 0 Å². The molecular weight excluding hydrogens is 302 g/mol. The van der Waals surface area contributed by atoms with Crippen molar-refractivity contribution >= 4 is 11.9 Å². The van der Waals surface area contributed by atoms with Gasteiger partial charge in [0.25, 0.3) is 0 Å². The van der Waals surface area contributed by atoms with Crippen LogP contribution < -0.4 is 10.1 Å². The zero-order chi connectivity index (χ0) is 17.7. The number of carboxylic acids is 2. The predicted octanol–water partition coefficient (Wildman–Crippen LogP) is 1.58. The molecule has 7 nitrogen and oxygen atoms in total. The molecule has 0 heterocycles. The van der Waals surface area contributed by atoms with Gasteiger partial charge in [-0.25, -0.2) is 9.59 Å². The number of methoxy groups -OCH3 is 1.